The van der Waals surface area contributed by atoms with E-state index in [2.05, 4.69) is 0 Å². The third-order valence-electron chi connectivity index (χ3n) is 3.82. The summed E-state index contributed by atoms with van der Waals surface area (Å²) >= 11 is 0. The molecule has 3 heteroatoms. The highest BCUT2D eigenvalue weighted by Crippen LogP contribution is 2.34. The van der Waals surface area contributed by atoms with Gasteiger partial charge in [-0.15, -0.1) is 0 Å². The molecule has 0 saturated heterocycles. The van der Waals surface area contributed by atoms with Crippen molar-refractivity contribution in [3.8, 4) is 0 Å². The Kier molecular flexibility index (Phi) is 3.82. The number of hydrogen-bond acceptors (Lipinski definition) is 2. The van der Waals surface area contributed by atoms with Crippen molar-refractivity contribution in [3.05, 3.63) is 47.5 Å². The number of aryl methyl sites for hydroxylation is 1. The second-order valence-electron chi connectivity index (χ2n) is 5.93. The van der Waals surface area contributed by atoms with Gasteiger partial charge in [-0.1, -0.05) is 36.4 Å². The van der Waals surface area contributed by atoms with Gasteiger partial charge in [0.25, 0.3) is 0 Å². The van der Waals surface area contributed by atoms with Crippen LogP contribution >= 0.6 is 0 Å². The molecule has 0 aliphatic rings. The van der Waals surface area contributed by atoms with Gasteiger partial charge in [0.2, 0.25) is 0 Å². The van der Waals surface area contributed by atoms with Crippen molar-refractivity contribution < 1.29 is 15.0 Å². The van der Waals surface area contributed by atoms with Crippen LogP contribution in [0, 0.1) is 12.3 Å². The molecule has 2 rings (SSSR count). The molecular weight excluding hydrogens is 252 g/mol. The minimum atomic E-state index is -0.953. The number of hydrogen-bond donors (Lipinski definition) is 2. The molecule has 0 fully saturated rings. The maximum absolute atomic E-state index is 11.2. The van der Waals surface area contributed by atoms with Gasteiger partial charge in [-0.3, -0.25) is 4.79 Å². The molecule has 0 saturated carbocycles. The lowest BCUT2D eigenvalue weighted by molar-refractivity contribution is -0.148. The van der Waals surface area contributed by atoms with Crippen LogP contribution in [0.25, 0.3) is 10.8 Å². The van der Waals surface area contributed by atoms with Crippen molar-refractivity contribution in [1.82, 2.24) is 0 Å². The van der Waals surface area contributed by atoms with E-state index in [4.69, 9.17) is 0 Å². The molecule has 0 aromatic heterocycles. The molecule has 1 atom stereocenters. The van der Waals surface area contributed by atoms with Gasteiger partial charge in [-0.25, -0.2) is 0 Å². The van der Waals surface area contributed by atoms with Crippen molar-refractivity contribution >= 4 is 16.7 Å². The normalized spacial score (nSPS) is 13.4. The summed E-state index contributed by atoms with van der Waals surface area (Å²) in [5, 5.41) is 21.7. The lowest BCUT2D eigenvalue weighted by atomic mass is 9.83. The fourth-order valence-electron chi connectivity index (χ4n) is 2.44. The van der Waals surface area contributed by atoms with E-state index in [1.165, 1.54) is 0 Å². The van der Waals surface area contributed by atoms with Crippen LogP contribution in [-0.2, 0) is 4.79 Å². The van der Waals surface area contributed by atoms with Crippen LogP contribution in [0.1, 0.15) is 37.5 Å². The predicted molar refractivity (Wildman–Crippen MR) is 79.7 cm³/mol. The van der Waals surface area contributed by atoms with Gasteiger partial charge >= 0.3 is 5.97 Å². The molecule has 106 valence electrons. The minimum absolute atomic E-state index is 0.190. The molecule has 3 nitrogen and oxygen atoms in total. The summed E-state index contributed by atoms with van der Waals surface area (Å²) in [6.07, 6.45) is -0.596. The monoisotopic (exact) mass is 272 g/mol. The number of benzene rings is 2. The Bertz CT molecular complexity index is 644. The number of aliphatic carboxylic acids is 1. The van der Waals surface area contributed by atoms with E-state index in [1.807, 2.05) is 43.3 Å². The van der Waals surface area contributed by atoms with Crippen molar-refractivity contribution in [2.45, 2.75) is 33.3 Å². The van der Waals surface area contributed by atoms with Crippen molar-refractivity contribution in [2.75, 3.05) is 0 Å². The SMILES string of the molecule is Cc1ccc(C(O)CC(C)(C)C(=O)O)c2ccccc12. The second kappa shape index (κ2) is 5.25. The Morgan fingerprint density at radius 2 is 1.75 bits per heavy atom. The number of carboxylic acid groups (broad SMARTS) is 1. The molecule has 2 aromatic rings. The first-order valence-electron chi connectivity index (χ1n) is 6.72. The van der Waals surface area contributed by atoms with E-state index in [1.54, 1.807) is 13.8 Å². The lowest BCUT2D eigenvalue weighted by Gasteiger charge is -2.24. The van der Waals surface area contributed by atoms with E-state index < -0.39 is 17.5 Å². The average Bonchev–Trinajstić information content (AvgIpc) is 2.38. The van der Waals surface area contributed by atoms with Gasteiger partial charge in [0.15, 0.2) is 0 Å². The second-order valence-corrected chi connectivity index (χ2v) is 5.93. The van der Waals surface area contributed by atoms with E-state index in [9.17, 15) is 15.0 Å². The Morgan fingerprint density at radius 1 is 1.15 bits per heavy atom. The first-order chi connectivity index (χ1) is 9.33. The van der Waals surface area contributed by atoms with Crippen LogP contribution in [-0.4, -0.2) is 16.2 Å². The number of fused-ring (bicyclic) bond motifs is 1. The number of rotatable bonds is 4. The molecule has 2 N–H and O–H groups in total. The first kappa shape index (κ1) is 14.5. The zero-order valence-electron chi connectivity index (χ0n) is 12.1. The van der Waals surface area contributed by atoms with Gasteiger partial charge < -0.3 is 10.2 Å². The first-order valence-corrected chi connectivity index (χ1v) is 6.72. The molecule has 0 amide bonds. The average molecular weight is 272 g/mol. The van der Waals surface area contributed by atoms with Crippen LogP contribution in [0.15, 0.2) is 36.4 Å². The third-order valence-corrected chi connectivity index (χ3v) is 3.82. The standard InChI is InChI=1S/C17H20O3/c1-11-8-9-14(13-7-5-4-6-12(11)13)15(18)10-17(2,3)16(19)20/h4-9,15,18H,10H2,1-3H3,(H,19,20). The third kappa shape index (κ3) is 2.68. The molecule has 0 radical (unpaired) electrons. The number of aliphatic hydroxyl groups excluding tert-OH is 1. The Hall–Kier alpha value is -1.87. The maximum atomic E-state index is 11.2. The summed E-state index contributed by atoms with van der Waals surface area (Å²) < 4.78 is 0. The van der Waals surface area contributed by atoms with Crippen LogP contribution in [0.3, 0.4) is 0 Å². The lowest BCUT2D eigenvalue weighted by Crippen LogP contribution is -2.26. The van der Waals surface area contributed by atoms with Gasteiger partial charge in [0, 0.05) is 0 Å². The summed E-state index contributed by atoms with van der Waals surface area (Å²) in [4.78, 5) is 11.2. The number of aliphatic hydroxyl groups is 1. The highest BCUT2D eigenvalue weighted by atomic mass is 16.4. The summed E-state index contributed by atoms with van der Waals surface area (Å²) in [6, 6.07) is 11.7. The quantitative estimate of drug-likeness (QED) is 0.892. The van der Waals surface area contributed by atoms with Crippen LogP contribution in [0.4, 0.5) is 0 Å². The van der Waals surface area contributed by atoms with E-state index in [0.29, 0.717) is 0 Å². The molecule has 2 aromatic carbocycles. The summed E-state index contributed by atoms with van der Waals surface area (Å²) in [7, 11) is 0. The van der Waals surface area contributed by atoms with Crippen LogP contribution in [0.2, 0.25) is 0 Å². The molecule has 0 heterocycles. The van der Waals surface area contributed by atoms with Crippen LogP contribution < -0.4 is 0 Å². The Morgan fingerprint density at radius 3 is 2.35 bits per heavy atom. The van der Waals surface area contributed by atoms with Gasteiger partial charge in [0.05, 0.1) is 11.5 Å². The van der Waals surface area contributed by atoms with E-state index >= 15 is 0 Å². The largest absolute Gasteiger partial charge is 0.481 e. The minimum Gasteiger partial charge on any atom is -0.481 e. The smallest absolute Gasteiger partial charge is 0.309 e. The summed E-state index contributed by atoms with van der Waals surface area (Å²) in [5.74, 6) is -0.895. The molecule has 0 aliphatic carbocycles. The Labute approximate surface area is 118 Å². The molecular formula is C17H20O3. The van der Waals surface area contributed by atoms with Crippen molar-refractivity contribution in [2.24, 2.45) is 5.41 Å². The van der Waals surface area contributed by atoms with Gasteiger partial charge in [-0.2, -0.15) is 0 Å². The Balaban J connectivity index is 2.43. The molecule has 0 aliphatic heterocycles. The molecule has 0 spiro atoms. The predicted octanol–water partition coefficient (Wildman–Crippen LogP) is 3.68. The number of carbonyl (C=O) groups is 1. The van der Waals surface area contributed by atoms with E-state index in [-0.39, 0.29) is 6.42 Å². The van der Waals surface area contributed by atoms with Crippen LogP contribution in [0.5, 0.6) is 0 Å². The fourth-order valence-corrected chi connectivity index (χ4v) is 2.44. The van der Waals surface area contributed by atoms with Gasteiger partial charge in [0.1, 0.15) is 0 Å². The van der Waals surface area contributed by atoms with Gasteiger partial charge in [-0.05, 0) is 49.1 Å². The molecule has 0 bridgehead atoms. The number of carboxylic acids is 1. The summed E-state index contributed by atoms with van der Waals surface area (Å²) in [6.45, 7) is 5.30. The highest BCUT2D eigenvalue weighted by Gasteiger charge is 2.31. The maximum Gasteiger partial charge on any atom is 0.309 e. The fraction of sp³-hybridized carbons (Fsp3) is 0.353. The van der Waals surface area contributed by atoms with Crippen molar-refractivity contribution in [3.63, 3.8) is 0 Å². The van der Waals surface area contributed by atoms with E-state index in [0.717, 1.165) is 21.9 Å². The zero-order valence-corrected chi connectivity index (χ0v) is 12.1. The molecule has 1 unspecified atom stereocenters. The van der Waals surface area contributed by atoms with Crippen molar-refractivity contribution in [1.29, 1.82) is 0 Å². The zero-order chi connectivity index (χ0) is 14.9. The highest BCUT2D eigenvalue weighted by molar-refractivity contribution is 5.88. The summed E-state index contributed by atoms with van der Waals surface area (Å²) in [5.41, 5.74) is 0.986. The topological polar surface area (TPSA) is 57.5 Å². The molecule has 20 heavy (non-hydrogen) atoms.